The Bertz CT molecular complexity index is 1750. The summed E-state index contributed by atoms with van der Waals surface area (Å²) < 4.78 is 34.8. The zero-order valence-corrected chi connectivity index (χ0v) is 23.9. The fourth-order valence-corrected chi connectivity index (χ4v) is 5.84. The van der Waals surface area contributed by atoms with Crippen molar-refractivity contribution in [2.75, 3.05) is 19.1 Å². The molecule has 42 heavy (non-hydrogen) atoms. The van der Waals surface area contributed by atoms with Crippen molar-refractivity contribution in [2.45, 2.75) is 32.6 Å². The highest BCUT2D eigenvalue weighted by molar-refractivity contribution is 7.82. The number of amides is 2. The largest absolute Gasteiger partial charge is 0.478 e. The van der Waals surface area contributed by atoms with Gasteiger partial charge in [0, 0.05) is 53.9 Å². The molecule has 2 aliphatic heterocycles. The Morgan fingerprint density at radius 3 is 2.36 bits per heavy atom. The summed E-state index contributed by atoms with van der Waals surface area (Å²) in [5.41, 5.74) is 2.96. The molecule has 2 heterocycles. The van der Waals surface area contributed by atoms with Crippen LogP contribution in [0.25, 0.3) is 5.57 Å². The quantitative estimate of drug-likeness (QED) is 0.469. The molecule has 1 atom stereocenters. The minimum atomic E-state index is -4.62. The van der Waals surface area contributed by atoms with Crippen molar-refractivity contribution >= 4 is 45.4 Å². The van der Waals surface area contributed by atoms with Crippen LogP contribution in [0.5, 0.6) is 5.75 Å². The number of hydrogen-bond acceptors (Lipinski definition) is 10. The van der Waals surface area contributed by atoms with Gasteiger partial charge in [-0.3, -0.25) is 9.59 Å². The number of para-hydroxylation sites is 1. The number of carbonyl (C=O) groups is 4. The molecule has 0 radical (unpaired) electrons. The summed E-state index contributed by atoms with van der Waals surface area (Å²) in [4.78, 5) is 56.9. The van der Waals surface area contributed by atoms with E-state index < -0.39 is 40.1 Å². The topological polar surface area (TPSA) is 157 Å². The Labute approximate surface area is 241 Å². The molecule has 2 amide bonds. The third-order valence-corrected chi connectivity index (χ3v) is 8.33. The number of anilines is 1. The zero-order chi connectivity index (χ0) is 30.5. The Morgan fingerprint density at radius 1 is 1.05 bits per heavy atom. The van der Waals surface area contributed by atoms with Crippen LogP contribution in [0.4, 0.5) is 5.69 Å². The van der Waals surface area contributed by atoms with Gasteiger partial charge in [0.1, 0.15) is 5.75 Å². The van der Waals surface area contributed by atoms with Crippen molar-refractivity contribution in [3.8, 4) is 5.75 Å². The van der Waals surface area contributed by atoms with Crippen LogP contribution in [0.3, 0.4) is 0 Å². The van der Waals surface area contributed by atoms with Crippen LogP contribution in [0.2, 0.25) is 0 Å². The Balaban J connectivity index is 1.73. The number of carbonyl (C=O) groups excluding carboxylic acids is 3. The molecule has 1 N–H and O–H groups in total. The van der Waals surface area contributed by atoms with Gasteiger partial charge < -0.3 is 19.0 Å². The summed E-state index contributed by atoms with van der Waals surface area (Å²) in [6.45, 7) is 3.20. The molecule has 0 spiro atoms. The summed E-state index contributed by atoms with van der Waals surface area (Å²) in [5.74, 6) is -4.78. The minimum absolute atomic E-state index is 0.0245. The Hall–Kier alpha value is -4.75. The predicted octanol–water partition coefficient (Wildman–Crippen LogP) is 3.32. The second kappa shape index (κ2) is 10.6. The monoisotopic (exact) mass is 594 g/mol. The van der Waals surface area contributed by atoms with E-state index in [2.05, 4.69) is 4.18 Å². The number of nitrogens with zero attached hydrogens (tertiary/aromatic N) is 2. The number of hydrogen-bond donors (Lipinski definition) is 1. The lowest BCUT2D eigenvalue weighted by atomic mass is 9.76. The maximum absolute atomic E-state index is 13.2. The minimum Gasteiger partial charge on any atom is -0.478 e. The maximum atomic E-state index is 13.2. The molecular formula is C29H26N2O10S. The first-order valence-corrected chi connectivity index (χ1v) is 14.1. The van der Waals surface area contributed by atoms with E-state index in [-0.39, 0.29) is 35.3 Å². The third kappa shape index (κ3) is 4.76. The van der Waals surface area contributed by atoms with Crippen LogP contribution in [0.15, 0.2) is 59.8 Å². The van der Waals surface area contributed by atoms with Gasteiger partial charge in [0.05, 0.1) is 18.2 Å². The fraction of sp³-hybridized carbons (Fsp3) is 0.241. The molecule has 1 fully saturated rings. The number of allylic oxidation sites excluding steroid dienone is 4. The predicted molar refractivity (Wildman–Crippen MR) is 148 cm³/mol. The summed E-state index contributed by atoms with van der Waals surface area (Å²) in [5, 5.41) is 10.8. The molecule has 2 aromatic carbocycles. The van der Waals surface area contributed by atoms with Gasteiger partial charge in [-0.2, -0.15) is 8.42 Å². The molecule has 13 heteroatoms. The van der Waals surface area contributed by atoms with Crippen LogP contribution in [0, 0.1) is 13.8 Å². The lowest BCUT2D eigenvalue weighted by Gasteiger charge is -2.37. The molecule has 0 saturated carbocycles. The van der Waals surface area contributed by atoms with E-state index in [9.17, 15) is 32.7 Å². The molecule has 1 saturated heterocycles. The summed E-state index contributed by atoms with van der Waals surface area (Å²) in [6.07, 6.45) is 4.98. The number of hydroxylamine groups is 2. The van der Waals surface area contributed by atoms with Gasteiger partial charge in [-0.05, 0) is 43.2 Å². The summed E-state index contributed by atoms with van der Waals surface area (Å²) >= 11 is 0. The van der Waals surface area contributed by atoms with Crippen molar-refractivity contribution in [1.82, 2.24) is 5.06 Å². The van der Waals surface area contributed by atoms with Gasteiger partial charge in [0.25, 0.3) is 11.8 Å². The van der Waals surface area contributed by atoms with Gasteiger partial charge >= 0.3 is 22.3 Å². The van der Waals surface area contributed by atoms with Crippen LogP contribution >= 0.6 is 0 Å². The van der Waals surface area contributed by atoms with Gasteiger partial charge in [-0.1, -0.05) is 30.4 Å². The highest BCUT2D eigenvalue weighted by Gasteiger charge is 2.39. The molecule has 1 aliphatic carbocycles. The average molecular weight is 595 g/mol. The number of aliphatic carboxylic acids is 1. The first-order chi connectivity index (χ1) is 19.9. The zero-order valence-electron chi connectivity index (χ0n) is 23.0. The molecular weight excluding hydrogens is 568 g/mol. The Kier molecular flexibility index (Phi) is 7.25. The molecule has 1 unspecified atom stereocenters. The lowest BCUT2D eigenvalue weighted by Crippen LogP contribution is -2.32. The third-order valence-electron chi connectivity index (χ3n) is 7.54. The molecule has 0 aromatic heterocycles. The van der Waals surface area contributed by atoms with E-state index >= 15 is 0 Å². The van der Waals surface area contributed by atoms with E-state index in [4.69, 9.17) is 9.02 Å². The highest BCUT2D eigenvalue weighted by atomic mass is 32.3. The van der Waals surface area contributed by atoms with Crippen molar-refractivity contribution in [1.29, 1.82) is 0 Å². The van der Waals surface area contributed by atoms with Crippen LogP contribution in [-0.4, -0.2) is 56.5 Å². The lowest BCUT2D eigenvalue weighted by molar-refractivity contribution is -0.172. The molecule has 12 nitrogen and oxygen atoms in total. The number of likely N-dealkylation sites (N-methyl/N-ethyl adjacent to an activating group) is 1. The van der Waals surface area contributed by atoms with Crippen molar-refractivity contribution < 1.29 is 45.9 Å². The maximum Gasteiger partial charge on any atom is 0.448 e. The number of rotatable bonds is 7. The van der Waals surface area contributed by atoms with Gasteiger partial charge in [0.15, 0.2) is 0 Å². The SMILES string of the molecule is COS(=O)(=O)Oc1cc(C(=O)ON2C(=O)CCC2=O)c(C)c(C)c1C1C=CC=C2C1=C(C(=O)O)c1ccccc1N2C. The number of fused-ring (bicyclic) bond motifs is 2. The second-order valence-electron chi connectivity index (χ2n) is 9.79. The van der Waals surface area contributed by atoms with Crippen molar-refractivity contribution in [3.05, 3.63) is 87.6 Å². The van der Waals surface area contributed by atoms with Crippen LogP contribution < -0.4 is 9.08 Å². The van der Waals surface area contributed by atoms with Crippen molar-refractivity contribution in [2.24, 2.45) is 0 Å². The smallest absolute Gasteiger partial charge is 0.448 e. The molecule has 0 bridgehead atoms. The highest BCUT2D eigenvalue weighted by Crippen LogP contribution is 2.50. The molecule has 3 aliphatic rings. The average Bonchev–Trinajstić information content (AvgIpc) is 3.27. The summed E-state index contributed by atoms with van der Waals surface area (Å²) in [7, 11) is -1.92. The van der Waals surface area contributed by atoms with Gasteiger partial charge in [-0.15, -0.1) is 5.06 Å². The number of benzene rings is 2. The summed E-state index contributed by atoms with van der Waals surface area (Å²) in [6, 6.07) is 8.14. The van der Waals surface area contributed by atoms with Crippen LogP contribution in [-0.2, 0) is 33.8 Å². The van der Waals surface area contributed by atoms with E-state index in [1.165, 1.54) is 0 Å². The van der Waals surface area contributed by atoms with E-state index in [0.717, 1.165) is 13.2 Å². The second-order valence-corrected chi connectivity index (χ2v) is 11.1. The van der Waals surface area contributed by atoms with Crippen molar-refractivity contribution in [3.63, 3.8) is 0 Å². The number of imide groups is 1. The number of carboxylic acids is 1. The van der Waals surface area contributed by atoms with E-state index in [0.29, 0.717) is 38.7 Å². The van der Waals surface area contributed by atoms with Gasteiger partial charge in [-0.25, -0.2) is 13.8 Å². The molecule has 218 valence electrons. The number of carboxylic acid groups (broad SMARTS) is 1. The fourth-order valence-electron chi connectivity index (χ4n) is 5.41. The first-order valence-electron chi connectivity index (χ1n) is 12.8. The molecule has 5 rings (SSSR count). The molecule has 2 aromatic rings. The van der Waals surface area contributed by atoms with Gasteiger partial charge in [0.2, 0.25) is 0 Å². The van der Waals surface area contributed by atoms with Crippen LogP contribution in [0.1, 0.15) is 51.4 Å². The van der Waals surface area contributed by atoms with E-state index in [1.54, 1.807) is 63.4 Å². The first kappa shape index (κ1) is 28.8. The standard InChI is InChI=1S/C29H26N2O10S/c1-15-16(2)25(18-9-7-11-21-26(18)27(28(34)35)17-8-5-6-10-20(17)30(21)3)22(41-42(37,38)39-4)14-19(15)29(36)40-31-23(32)12-13-24(31)33/h5-11,14,18H,12-13H2,1-4H3,(H,34,35). The Morgan fingerprint density at radius 2 is 1.71 bits per heavy atom. The van der Waals surface area contributed by atoms with E-state index in [1.807, 2.05) is 4.90 Å². The normalized spacial score (nSPS) is 18.1.